The first-order chi connectivity index (χ1) is 9.16. The van der Waals surface area contributed by atoms with E-state index in [1.165, 1.54) is 12.8 Å². The Labute approximate surface area is 126 Å². The van der Waals surface area contributed by atoms with Gasteiger partial charge >= 0.3 is 0 Å². The Morgan fingerprint density at radius 3 is 2.70 bits per heavy atom. The van der Waals surface area contributed by atoms with Gasteiger partial charge in [-0.15, -0.1) is 12.4 Å². The first kappa shape index (κ1) is 16.8. The summed E-state index contributed by atoms with van der Waals surface area (Å²) in [5.41, 5.74) is 6.53. The Morgan fingerprint density at radius 2 is 2.05 bits per heavy atom. The molecule has 1 aromatic carbocycles. The van der Waals surface area contributed by atoms with Gasteiger partial charge in [-0.1, -0.05) is 18.2 Å². The third-order valence-electron chi connectivity index (χ3n) is 3.44. The molecule has 1 atom stereocenters. The van der Waals surface area contributed by atoms with Gasteiger partial charge in [0.05, 0.1) is 12.1 Å². The normalized spacial score (nSPS) is 16.3. The minimum absolute atomic E-state index is 0. The van der Waals surface area contributed by atoms with Crippen molar-refractivity contribution in [2.45, 2.75) is 51.3 Å². The zero-order chi connectivity index (χ0) is 13.7. The second kappa shape index (κ2) is 8.12. The molecule has 0 unspecified atom stereocenters. The number of nitrogens with one attached hydrogen (secondary N) is 1. The van der Waals surface area contributed by atoms with E-state index in [9.17, 15) is 4.79 Å². The molecule has 0 aliphatic heterocycles. The Kier molecular flexibility index (Phi) is 6.82. The molecule has 3 N–H and O–H groups in total. The van der Waals surface area contributed by atoms with Crippen LogP contribution in [0, 0.1) is 0 Å². The minimum Gasteiger partial charge on any atom is -0.490 e. The highest BCUT2D eigenvalue weighted by Crippen LogP contribution is 2.26. The molecule has 1 fully saturated rings. The molecule has 0 radical (unpaired) electrons. The largest absolute Gasteiger partial charge is 0.490 e. The highest BCUT2D eigenvalue weighted by Gasteiger charge is 2.18. The van der Waals surface area contributed by atoms with Crippen molar-refractivity contribution >= 4 is 18.3 Å². The smallest absolute Gasteiger partial charge is 0.236 e. The molecule has 0 saturated heterocycles. The van der Waals surface area contributed by atoms with E-state index in [2.05, 4.69) is 5.32 Å². The number of nitrogens with two attached hydrogens (primary N) is 1. The third kappa shape index (κ3) is 4.69. The van der Waals surface area contributed by atoms with Crippen molar-refractivity contribution in [1.82, 2.24) is 5.32 Å². The predicted octanol–water partition coefficient (Wildman–Crippen LogP) is 2.39. The van der Waals surface area contributed by atoms with Crippen LogP contribution in [-0.4, -0.2) is 18.1 Å². The van der Waals surface area contributed by atoms with Gasteiger partial charge in [0.2, 0.25) is 5.91 Å². The van der Waals surface area contributed by atoms with Gasteiger partial charge in [0, 0.05) is 12.1 Å². The van der Waals surface area contributed by atoms with Gasteiger partial charge in [-0.05, 0) is 38.7 Å². The van der Waals surface area contributed by atoms with Crippen molar-refractivity contribution in [1.29, 1.82) is 0 Å². The van der Waals surface area contributed by atoms with Gasteiger partial charge in [0.1, 0.15) is 5.75 Å². The first-order valence-corrected chi connectivity index (χ1v) is 6.94. The molecule has 20 heavy (non-hydrogen) atoms. The topological polar surface area (TPSA) is 64.4 Å². The lowest BCUT2D eigenvalue weighted by Crippen LogP contribution is -2.37. The quantitative estimate of drug-likeness (QED) is 0.877. The van der Waals surface area contributed by atoms with Crippen LogP contribution in [0.15, 0.2) is 24.3 Å². The SMILES string of the molecule is C[C@H](N)C(=O)NCc1ccccc1OC1CCCC1.Cl. The van der Waals surface area contributed by atoms with Gasteiger partial charge in [0.25, 0.3) is 0 Å². The van der Waals surface area contributed by atoms with E-state index in [4.69, 9.17) is 10.5 Å². The molecule has 5 heteroatoms. The second-order valence-corrected chi connectivity index (χ2v) is 5.14. The number of hydrogen-bond acceptors (Lipinski definition) is 3. The van der Waals surface area contributed by atoms with Crippen LogP contribution >= 0.6 is 12.4 Å². The van der Waals surface area contributed by atoms with Crippen molar-refractivity contribution in [2.24, 2.45) is 5.73 Å². The van der Waals surface area contributed by atoms with E-state index in [0.717, 1.165) is 24.2 Å². The van der Waals surface area contributed by atoms with Gasteiger partial charge < -0.3 is 15.8 Å². The number of amides is 1. The van der Waals surface area contributed by atoms with Gasteiger partial charge in [-0.2, -0.15) is 0 Å². The number of halogens is 1. The first-order valence-electron chi connectivity index (χ1n) is 6.94. The minimum atomic E-state index is -0.483. The summed E-state index contributed by atoms with van der Waals surface area (Å²) in [6.45, 7) is 2.14. The molecule has 112 valence electrons. The molecular weight excluding hydrogens is 276 g/mol. The molecule has 1 aliphatic rings. The average Bonchev–Trinajstić information content (AvgIpc) is 2.90. The zero-order valence-electron chi connectivity index (χ0n) is 11.8. The van der Waals surface area contributed by atoms with Crippen LogP contribution in [0.2, 0.25) is 0 Å². The lowest BCUT2D eigenvalue weighted by molar-refractivity contribution is -0.122. The number of hydrogen-bond donors (Lipinski definition) is 2. The van der Waals surface area contributed by atoms with Crippen molar-refractivity contribution in [3.8, 4) is 5.75 Å². The molecule has 0 bridgehead atoms. The number of carbonyl (C=O) groups excluding carboxylic acids is 1. The van der Waals surface area contributed by atoms with Crippen LogP contribution in [0.3, 0.4) is 0 Å². The van der Waals surface area contributed by atoms with Crippen molar-refractivity contribution in [3.05, 3.63) is 29.8 Å². The Morgan fingerprint density at radius 1 is 1.40 bits per heavy atom. The van der Waals surface area contributed by atoms with Crippen LogP contribution in [0.25, 0.3) is 0 Å². The number of para-hydroxylation sites is 1. The highest BCUT2D eigenvalue weighted by atomic mass is 35.5. The standard InChI is InChI=1S/C15H22N2O2.ClH/c1-11(16)15(18)17-10-12-6-2-5-9-14(12)19-13-7-3-4-8-13;/h2,5-6,9,11,13H,3-4,7-8,10,16H2,1H3,(H,17,18);1H/t11-;/m0./s1. The highest BCUT2D eigenvalue weighted by molar-refractivity contribution is 5.85. The van der Waals surface area contributed by atoms with Crippen molar-refractivity contribution in [3.63, 3.8) is 0 Å². The summed E-state index contributed by atoms with van der Waals surface area (Å²) < 4.78 is 6.02. The molecule has 2 rings (SSSR count). The van der Waals surface area contributed by atoms with Crippen LogP contribution in [0.1, 0.15) is 38.2 Å². The zero-order valence-corrected chi connectivity index (χ0v) is 12.6. The summed E-state index contributed by atoms with van der Waals surface area (Å²) in [5, 5.41) is 2.82. The Balaban J connectivity index is 0.00000200. The number of rotatable bonds is 5. The number of carbonyl (C=O) groups is 1. The fourth-order valence-electron chi connectivity index (χ4n) is 2.29. The second-order valence-electron chi connectivity index (χ2n) is 5.14. The fraction of sp³-hybridized carbons (Fsp3) is 0.533. The average molecular weight is 299 g/mol. The van der Waals surface area contributed by atoms with Gasteiger partial charge in [-0.3, -0.25) is 4.79 Å². The fourth-order valence-corrected chi connectivity index (χ4v) is 2.29. The van der Waals surface area contributed by atoms with Crippen LogP contribution in [0.4, 0.5) is 0 Å². The van der Waals surface area contributed by atoms with Crippen molar-refractivity contribution < 1.29 is 9.53 Å². The molecular formula is C15H23ClN2O2. The summed E-state index contributed by atoms with van der Waals surface area (Å²) >= 11 is 0. The van der Waals surface area contributed by atoms with Crippen molar-refractivity contribution in [2.75, 3.05) is 0 Å². The monoisotopic (exact) mass is 298 g/mol. The molecule has 0 aromatic heterocycles. The number of ether oxygens (including phenoxy) is 1. The van der Waals surface area contributed by atoms with E-state index >= 15 is 0 Å². The molecule has 1 saturated carbocycles. The van der Waals surface area contributed by atoms with Gasteiger partial charge in [0.15, 0.2) is 0 Å². The number of benzene rings is 1. The molecule has 0 heterocycles. The third-order valence-corrected chi connectivity index (χ3v) is 3.44. The van der Waals surface area contributed by atoms with E-state index in [-0.39, 0.29) is 18.3 Å². The molecule has 1 aromatic rings. The summed E-state index contributed by atoms with van der Waals surface area (Å²) in [6.07, 6.45) is 5.06. The van der Waals surface area contributed by atoms with E-state index < -0.39 is 6.04 Å². The van der Waals surface area contributed by atoms with Crippen LogP contribution in [0.5, 0.6) is 5.75 Å². The molecule has 4 nitrogen and oxygen atoms in total. The van der Waals surface area contributed by atoms with Crippen LogP contribution in [-0.2, 0) is 11.3 Å². The molecule has 0 spiro atoms. The maximum Gasteiger partial charge on any atom is 0.236 e. The Bertz CT molecular complexity index is 432. The van der Waals surface area contributed by atoms with Gasteiger partial charge in [-0.25, -0.2) is 0 Å². The maximum atomic E-state index is 11.5. The lowest BCUT2D eigenvalue weighted by Gasteiger charge is -2.17. The molecule has 1 aliphatic carbocycles. The van der Waals surface area contributed by atoms with E-state index in [1.807, 2.05) is 24.3 Å². The molecule has 1 amide bonds. The summed E-state index contributed by atoms with van der Waals surface area (Å²) in [6, 6.07) is 7.37. The van der Waals surface area contributed by atoms with E-state index in [0.29, 0.717) is 12.6 Å². The maximum absolute atomic E-state index is 11.5. The summed E-state index contributed by atoms with van der Waals surface area (Å²) in [5.74, 6) is 0.732. The predicted molar refractivity (Wildman–Crippen MR) is 82.1 cm³/mol. The Hall–Kier alpha value is -1.26. The lowest BCUT2D eigenvalue weighted by atomic mass is 10.2. The van der Waals surface area contributed by atoms with Crippen LogP contribution < -0.4 is 15.8 Å². The van der Waals surface area contributed by atoms with E-state index in [1.54, 1.807) is 6.92 Å². The summed E-state index contributed by atoms with van der Waals surface area (Å²) in [4.78, 5) is 11.5. The summed E-state index contributed by atoms with van der Waals surface area (Å²) in [7, 11) is 0.